The lowest BCUT2D eigenvalue weighted by Crippen LogP contribution is -2.39. The second kappa shape index (κ2) is 10.3. The van der Waals surface area contributed by atoms with Crippen LogP contribution >= 0.6 is 24.0 Å². The first-order valence-corrected chi connectivity index (χ1v) is 7.75. The Morgan fingerprint density at radius 1 is 1.26 bits per heavy atom. The first-order chi connectivity index (χ1) is 10.7. The summed E-state index contributed by atoms with van der Waals surface area (Å²) in [6.07, 6.45) is 4.96. The highest BCUT2D eigenvalue weighted by molar-refractivity contribution is 14.0. The van der Waals surface area contributed by atoms with Gasteiger partial charge in [0.15, 0.2) is 5.96 Å². The molecule has 0 aliphatic carbocycles. The van der Waals surface area contributed by atoms with Gasteiger partial charge in [-0.25, -0.2) is 0 Å². The Balaban J connectivity index is 0.00000264. The van der Waals surface area contributed by atoms with Gasteiger partial charge < -0.3 is 19.7 Å². The van der Waals surface area contributed by atoms with Gasteiger partial charge in [0, 0.05) is 44.1 Å². The van der Waals surface area contributed by atoms with Crippen LogP contribution in [0.25, 0.3) is 0 Å². The third-order valence-electron chi connectivity index (χ3n) is 3.49. The van der Waals surface area contributed by atoms with Gasteiger partial charge in [-0.1, -0.05) is 5.16 Å². The second-order valence-corrected chi connectivity index (χ2v) is 5.16. The van der Waals surface area contributed by atoms with Crippen molar-refractivity contribution in [3.8, 4) is 0 Å². The zero-order valence-corrected chi connectivity index (χ0v) is 16.3. The van der Waals surface area contributed by atoms with Gasteiger partial charge in [-0.3, -0.25) is 4.99 Å². The Labute approximate surface area is 154 Å². The minimum absolute atomic E-state index is 0. The van der Waals surface area contributed by atoms with E-state index in [1.54, 1.807) is 0 Å². The normalized spacial score (nSPS) is 11.2. The summed E-state index contributed by atoms with van der Waals surface area (Å²) in [5.74, 6) is 1.74. The van der Waals surface area contributed by atoms with Crippen LogP contribution in [0.2, 0.25) is 0 Å². The summed E-state index contributed by atoms with van der Waals surface area (Å²) < 4.78 is 7.31. The zero-order chi connectivity index (χ0) is 15.8. The molecule has 0 fully saturated rings. The average molecular weight is 431 g/mol. The molecule has 0 aliphatic heterocycles. The summed E-state index contributed by atoms with van der Waals surface area (Å²) in [7, 11) is 0. The van der Waals surface area contributed by atoms with E-state index in [-0.39, 0.29) is 24.0 Å². The molecule has 0 spiro atoms. The highest BCUT2D eigenvalue weighted by Crippen LogP contribution is 2.12. The smallest absolute Gasteiger partial charge is 0.191 e. The first kappa shape index (κ1) is 19.5. The summed E-state index contributed by atoms with van der Waals surface area (Å²) >= 11 is 0. The summed E-state index contributed by atoms with van der Waals surface area (Å²) in [6, 6.07) is 4.06. The molecule has 0 amide bonds. The van der Waals surface area contributed by atoms with Gasteiger partial charge in [-0.05, 0) is 39.3 Å². The minimum atomic E-state index is 0. The van der Waals surface area contributed by atoms with Crippen LogP contribution in [0.4, 0.5) is 0 Å². The number of nitrogens with one attached hydrogen (secondary N) is 2. The molecule has 0 aromatic carbocycles. The number of rotatable bonds is 7. The molecule has 2 rings (SSSR count). The Morgan fingerprint density at radius 3 is 2.61 bits per heavy atom. The molecule has 6 nitrogen and oxygen atoms in total. The van der Waals surface area contributed by atoms with E-state index in [0.29, 0.717) is 6.54 Å². The van der Waals surface area contributed by atoms with E-state index in [0.717, 1.165) is 49.0 Å². The SMILES string of the molecule is CCNC(=NCCc1c(C)noc1C)NCCn1cccc1.I. The zero-order valence-electron chi connectivity index (χ0n) is 14.0. The number of hydrogen-bond donors (Lipinski definition) is 2. The number of aliphatic imine (C=N–C) groups is 1. The van der Waals surface area contributed by atoms with E-state index in [9.17, 15) is 0 Å². The van der Waals surface area contributed by atoms with E-state index in [4.69, 9.17) is 4.52 Å². The van der Waals surface area contributed by atoms with Crippen LogP contribution in [0.15, 0.2) is 34.0 Å². The van der Waals surface area contributed by atoms with Gasteiger partial charge in [0.25, 0.3) is 0 Å². The molecule has 0 saturated heterocycles. The van der Waals surface area contributed by atoms with Crippen molar-refractivity contribution in [1.29, 1.82) is 0 Å². The van der Waals surface area contributed by atoms with Crippen molar-refractivity contribution < 1.29 is 4.52 Å². The summed E-state index contributed by atoms with van der Waals surface area (Å²) in [4.78, 5) is 4.61. The third kappa shape index (κ3) is 6.25. The number of aromatic nitrogens is 2. The van der Waals surface area contributed by atoms with Crippen molar-refractivity contribution in [1.82, 2.24) is 20.4 Å². The molecule has 0 bridgehead atoms. The van der Waals surface area contributed by atoms with Gasteiger partial charge in [-0.2, -0.15) is 0 Å². The van der Waals surface area contributed by atoms with E-state index in [1.807, 2.05) is 26.0 Å². The van der Waals surface area contributed by atoms with Crippen molar-refractivity contribution in [3.05, 3.63) is 41.5 Å². The van der Waals surface area contributed by atoms with Crippen LogP contribution in [-0.4, -0.2) is 35.3 Å². The van der Waals surface area contributed by atoms with Crippen molar-refractivity contribution in [2.75, 3.05) is 19.6 Å². The topological polar surface area (TPSA) is 67.4 Å². The van der Waals surface area contributed by atoms with E-state index in [1.165, 1.54) is 0 Å². The lowest BCUT2D eigenvalue weighted by molar-refractivity contribution is 0.392. The maximum atomic E-state index is 5.17. The summed E-state index contributed by atoms with van der Waals surface area (Å²) in [5.41, 5.74) is 2.12. The maximum Gasteiger partial charge on any atom is 0.191 e. The van der Waals surface area contributed by atoms with Gasteiger partial charge >= 0.3 is 0 Å². The number of hydrogen-bond acceptors (Lipinski definition) is 3. The molecular formula is C16H26IN5O. The fourth-order valence-electron chi connectivity index (χ4n) is 2.30. The van der Waals surface area contributed by atoms with Gasteiger partial charge in [0.2, 0.25) is 0 Å². The van der Waals surface area contributed by atoms with Crippen LogP contribution in [0.1, 0.15) is 23.9 Å². The molecule has 0 aliphatic rings. The predicted molar refractivity (Wildman–Crippen MR) is 104 cm³/mol. The lowest BCUT2D eigenvalue weighted by atomic mass is 10.1. The largest absolute Gasteiger partial charge is 0.361 e. The van der Waals surface area contributed by atoms with Crippen LogP contribution < -0.4 is 10.6 Å². The van der Waals surface area contributed by atoms with E-state index in [2.05, 4.69) is 44.7 Å². The lowest BCUT2D eigenvalue weighted by Gasteiger charge is -2.11. The quantitative estimate of drug-likeness (QED) is 0.402. The fraction of sp³-hybridized carbons (Fsp3) is 0.500. The molecule has 128 valence electrons. The number of halogens is 1. The highest BCUT2D eigenvalue weighted by atomic mass is 127. The predicted octanol–water partition coefficient (Wildman–Crippen LogP) is 2.51. The van der Waals surface area contributed by atoms with Crippen molar-refractivity contribution in [2.24, 2.45) is 4.99 Å². The molecule has 2 N–H and O–H groups in total. The number of nitrogens with zero attached hydrogens (tertiary/aromatic N) is 3. The van der Waals surface area contributed by atoms with Gasteiger partial charge in [0.1, 0.15) is 5.76 Å². The molecule has 2 heterocycles. The Kier molecular flexibility index (Phi) is 8.75. The Bertz CT molecular complexity index is 572. The fourth-order valence-corrected chi connectivity index (χ4v) is 2.30. The second-order valence-electron chi connectivity index (χ2n) is 5.16. The maximum absolute atomic E-state index is 5.17. The van der Waals surface area contributed by atoms with Crippen LogP contribution in [0, 0.1) is 13.8 Å². The molecule has 0 radical (unpaired) electrons. The van der Waals surface area contributed by atoms with Crippen LogP contribution in [-0.2, 0) is 13.0 Å². The Morgan fingerprint density at radius 2 is 2.00 bits per heavy atom. The molecule has 23 heavy (non-hydrogen) atoms. The molecule has 2 aromatic heterocycles. The standard InChI is InChI=1S/C16H25N5O.HI/c1-4-17-16(19-9-12-21-10-5-6-11-21)18-8-7-15-13(2)20-22-14(15)3;/h5-6,10-11H,4,7-9,12H2,1-3H3,(H2,17,18,19);1H. The number of aryl methyl sites for hydroxylation is 2. The van der Waals surface area contributed by atoms with Crippen LogP contribution in [0.5, 0.6) is 0 Å². The average Bonchev–Trinajstić information content (AvgIpc) is 3.12. The summed E-state index contributed by atoms with van der Waals surface area (Å²) in [5, 5.41) is 10.6. The molecule has 2 aromatic rings. The third-order valence-corrected chi connectivity index (χ3v) is 3.49. The molecule has 0 saturated carbocycles. The van der Waals surface area contributed by atoms with E-state index < -0.39 is 0 Å². The number of guanidine groups is 1. The molecular weight excluding hydrogens is 405 g/mol. The van der Waals surface area contributed by atoms with E-state index >= 15 is 0 Å². The van der Waals surface area contributed by atoms with Gasteiger partial charge in [0.05, 0.1) is 5.69 Å². The van der Waals surface area contributed by atoms with Gasteiger partial charge in [-0.15, -0.1) is 24.0 Å². The molecule has 7 heteroatoms. The Hall–Kier alpha value is -1.51. The summed E-state index contributed by atoms with van der Waals surface area (Å²) in [6.45, 7) is 9.29. The highest BCUT2D eigenvalue weighted by Gasteiger charge is 2.08. The monoisotopic (exact) mass is 431 g/mol. The molecule has 0 unspecified atom stereocenters. The molecule has 0 atom stereocenters. The van der Waals surface area contributed by atoms with Crippen molar-refractivity contribution in [3.63, 3.8) is 0 Å². The van der Waals surface area contributed by atoms with Crippen molar-refractivity contribution in [2.45, 2.75) is 33.7 Å². The van der Waals surface area contributed by atoms with Crippen molar-refractivity contribution >= 4 is 29.9 Å². The van der Waals surface area contributed by atoms with Crippen LogP contribution in [0.3, 0.4) is 0 Å². The minimum Gasteiger partial charge on any atom is -0.361 e. The first-order valence-electron chi connectivity index (χ1n) is 7.75.